The first-order valence-electron chi connectivity index (χ1n) is 6.62. The van der Waals surface area contributed by atoms with Crippen LogP contribution < -0.4 is 10.1 Å². The second kappa shape index (κ2) is 7.09. The molecule has 0 aliphatic heterocycles. The average Bonchev–Trinajstić information content (AvgIpc) is 2.49. The van der Waals surface area contributed by atoms with E-state index in [0.29, 0.717) is 17.2 Å². The molecule has 1 atom stereocenters. The summed E-state index contributed by atoms with van der Waals surface area (Å²) in [5.74, 6) is 0.640. The lowest BCUT2D eigenvalue weighted by molar-refractivity contribution is -0.121. The maximum absolute atomic E-state index is 12.0. The van der Waals surface area contributed by atoms with Crippen molar-refractivity contribution in [3.8, 4) is 5.75 Å². The van der Waals surface area contributed by atoms with Crippen molar-refractivity contribution in [3.63, 3.8) is 0 Å². The Balaban J connectivity index is 1.93. The number of rotatable bonds is 5. The summed E-state index contributed by atoms with van der Waals surface area (Å²) >= 11 is 5.82. The minimum atomic E-state index is -0.157. The number of halogens is 1. The number of nitrogens with one attached hydrogen (secondary N) is 1. The molecule has 0 unspecified atom stereocenters. The fraction of sp³-hybridized carbons (Fsp3) is 0.250. The van der Waals surface area contributed by atoms with Crippen LogP contribution in [0.1, 0.15) is 24.2 Å². The predicted molar refractivity (Wildman–Crippen MR) is 82.5 cm³/mol. The highest BCUT2D eigenvalue weighted by molar-refractivity contribution is 6.30. The zero-order chi connectivity index (χ0) is 15.2. The van der Waals surface area contributed by atoms with Crippen LogP contribution >= 0.6 is 11.6 Å². The van der Waals surface area contributed by atoms with Crippen molar-refractivity contribution in [2.24, 2.45) is 0 Å². The molecule has 2 aromatic rings. The average molecular weight is 305 g/mol. The molecule has 0 saturated heterocycles. The minimum absolute atomic E-state index is 0.0533. The van der Waals surface area contributed by atoms with Gasteiger partial charge in [0.2, 0.25) is 5.91 Å². The van der Waals surface area contributed by atoms with Crippen molar-refractivity contribution < 1.29 is 9.53 Å². The smallest absolute Gasteiger partial charge is 0.224 e. The van der Waals surface area contributed by atoms with E-state index in [0.717, 1.165) is 11.3 Å². The topological polar surface area (TPSA) is 51.2 Å². The highest BCUT2D eigenvalue weighted by atomic mass is 35.5. The Morgan fingerprint density at radius 2 is 2.00 bits per heavy atom. The van der Waals surface area contributed by atoms with Gasteiger partial charge >= 0.3 is 0 Å². The number of aromatic nitrogens is 1. The van der Waals surface area contributed by atoms with Gasteiger partial charge in [0.1, 0.15) is 5.75 Å². The molecule has 1 heterocycles. The molecule has 2 rings (SSSR count). The van der Waals surface area contributed by atoms with Crippen LogP contribution in [0.25, 0.3) is 0 Å². The molecule has 0 spiro atoms. The van der Waals surface area contributed by atoms with Crippen LogP contribution in [0.4, 0.5) is 0 Å². The summed E-state index contributed by atoms with van der Waals surface area (Å²) in [7, 11) is 1.59. The molecule has 0 aliphatic rings. The van der Waals surface area contributed by atoms with Crippen molar-refractivity contribution in [2.75, 3.05) is 7.11 Å². The van der Waals surface area contributed by atoms with E-state index in [-0.39, 0.29) is 11.9 Å². The van der Waals surface area contributed by atoms with Gasteiger partial charge in [0.15, 0.2) is 0 Å². The first kappa shape index (κ1) is 15.3. The molecule has 1 aromatic heterocycles. The zero-order valence-corrected chi connectivity index (χ0v) is 12.7. The second-order valence-corrected chi connectivity index (χ2v) is 5.15. The molecule has 110 valence electrons. The van der Waals surface area contributed by atoms with E-state index in [1.165, 1.54) is 0 Å². The number of ether oxygens (including phenoxy) is 1. The molecule has 1 aromatic carbocycles. The van der Waals surface area contributed by atoms with E-state index in [9.17, 15) is 4.79 Å². The number of nitrogens with zero attached hydrogens (tertiary/aromatic N) is 1. The number of benzene rings is 1. The first-order valence-corrected chi connectivity index (χ1v) is 7.00. The largest absolute Gasteiger partial charge is 0.495 e. The summed E-state index contributed by atoms with van der Waals surface area (Å²) in [5.41, 5.74) is 1.71. The van der Waals surface area contributed by atoms with E-state index in [4.69, 9.17) is 16.3 Å². The lowest BCUT2D eigenvalue weighted by Gasteiger charge is -2.14. The normalized spacial score (nSPS) is 11.8. The molecule has 0 aliphatic carbocycles. The zero-order valence-electron chi connectivity index (χ0n) is 12.0. The molecular formula is C16H17ClN2O2. The summed E-state index contributed by atoms with van der Waals surface area (Å²) in [6.07, 6.45) is 1.95. The van der Waals surface area contributed by atoms with Crippen molar-refractivity contribution in [3.05, 3.63) is 58.9 Å². The van der Waals surface area contributed by atoms with Crippen molar-refractivity contribution in [2.45, 2.75) is 19.4 Å². The minimum Gasteiger partial charge on any atom is -0.495 e. The first-order chi connectivity index (χ1) is 10.1. The molecule has 21 heavy (non-hydrogen) atoms. The number of hydrogen-bond donors (Lipinski definition) is 1. The maximum Gasteiger partial charge on any atom is 0.224 e. The van der Waals surface area contributed by atoms with E-state index in [1.54, 1.807) is 25.4 Å². The number of hydrogen-bond acceptors (Lipinski definition) is 3. The van der Waals surface area contributed by atoms with Gasteiger partial charge in [-0.1, -0.05) is 23.7 Å². The molecule has 1 amide bonds. The molecule has 4 nitrogen and oxygen atoms in total. The van der Waals surface area contributed by atoms with Crippen molar-refractivity contribution in [1.29, 1.82) is 0 Å². The Labute approximate surface area is 129 Å². The molecule has 0 bridgehead atoms. The molecule has 5 heteroatoms. The van der Waals surface area contributed by atoms with Gasteiger partial charge in [-0.05, 0) is 36.8 Å². The number of methoxy groups -OCH3 is 1. The van der Waals surface area contributed by atoms with Crippen molar-refractivity contribution in [1.82, 2.24) is 10.3 Å². The van der Waals surface area contributed by atoms with Crippen molar-refractivity contribution >= 4 is 17.5 Å². The van der Waals surface area contributed by atoms with E-state index in [2.05, 4.69) is 10.3 Å². The summed E-state index contributed by atoms with van der Waals surface area (Å²) in [6, 6.07) is 10.7. The molecular weight excluding hydrogens is 288 g/mol. The van der Waals surface area contributed by atoms with Gasteiger partial charge in [0.25, 0.3) is 0 Å². The van der Waals surface area contributed by atoms with Crippen LogP contribution in [0, 0.1) is 0 Å². The Kier molecular flexibility index (Phi) is 5.17. The number of amides is 1. The highest BCUT2D eigenvalue weighted by Crippen LogP contribution is 2.14. The summed E-state index contributed by atoms with van der Waals surface area (Å²) in [6.45, 7) is 1.90. The fourth-order valence-electron chi connectivity index (χ4n) is 1.92. The van der Waals surface area contributed by atoms with Gasteiger partial charge in [-0.2, -0.15) is 0 Å². The van der Waals surface area contributed by atoms with Gasteiger partial charge in [0.05, 0.1) is 31.5 Å². The summed E-state index contributed by atoms with van der Waals surface area (Å²) < 4.78 is 5.06. The maximum atomic E-state index is 12.0. The summed E-state index contributed by atoms with van der Waals surface area (Å²) in [4.78, 5) is 16.3. The van der Waals surface area contributed by atoms with Crippen LogP contribution in [0.2, 0.25) is 5.02 Å². The van der Waals surface area contributed by atoms with Crippen LogP contribution in [0.15, 0.2) is 42.6 Å². The molecule has 1 N–H and O–H groups in total. The lowest BCUT2D eigenvalue weighted by atomic mass is 10.1. The van der Waals surface area contributed by atoms with Gasteiger partial charge in [0, 0.05) is 5.02 Å². The van der Waals surface area contributed by atoms with Crippen LogP contribution in [-0.4, -0.2) is 18.0 Å². The van der Waals surface area contributed by atoms with Gasteiger partial charge < -0.3 is 10.1 Å². The third kappa shape index (κ3) is 4.46. The third-order valence-electron chi connectivity index (χ3n) is 3.09. The molecule has 0 fully saturated rings. The predicted octanol–water partition coefficient (Wildman–Crippen LogP) is 3.16. The van der Waals surface area contributed by atoms with Crippen LogP contribution in [-0.2, 0) is 11.2 Å². The van der Waals surface area contributed by atoms with Gasteiger partial charge in [-0.3, -0.25) is 9.78 Å². The van der Waals surface area contributed by atoms with E-state index in [1.807, 2.05) is 31.2 Å². The lowest BCUT2D eigenvalue weighted by Crippen LogP contribution is -2.28. The number of carbonyl (C=O) groups is 1. The Bertz CT molecular complexity index is 597. The van der Waals surface area contributed by atoms with Gasteiger partial charge in [-0.15, -0.1) is 0 Å². The molecule has 0 saturated carbocycles. The van der Waals surface area contributed by atoms with Crippen LogP contribution in [0.5, 0.6) is 5.75 Å². The quantitative estimate of drug-likeness (QED) is 0.923. The monoisotopic (exact) mass is 304 g/mol. The Morgan fingerprint density at radius 3 is 2.57 bits per heavy atom. The number of carbonyl (C=O) groups excluding carboxylic acids is 1. The highest BCUT2D eigenvalue weighted by Gasteiger charge is 2.11. The molecule has 0 radical (unpaired) electrons. The third-order valence-corrected chi connectivity index (χ3v) is 3.35. The number of pyridine rings is 1. The van der Waals surface area contributed by atoms with E-state index >= 15 is 0 Å². The SMILES string of the molecule is COc1ccc([C@@H](C)NC(=O)Cc2ccc(Cl)cc2)nc1. The Morgan fingerprint density at radius 1 is 1.29 bits per heavy atom. The standard InChI is InChI=1S/C16H17ClN2O2/c1-11(15-8-7-14(21-2)10-18-15)19-16(20)9-12-3-5-13(17)6-4-12/h3-8,10-11H,9H2,1-2H3,(H,19,20)/t11-/m1/s1. The van der Waals surface area contributed by atoms with E-state index < -0.39 is 0 Å². The Hall–Kier alpha value is -2.07. The fourth-order valence-corrected chi connectivity index (χ4v) is 2.05. The van der Waals surface area contributed by atoms with Crippen LogP contribution in [0.3, 0.4) is 0 Å². The van der Waals surface area contributed by atoms with Gasteiger partial charge in [-0.25, -0.2) is 0 Å². The second-order valence-electron chi connectivity index (χ2n) is 4.72. The summed E-state index contributed by atoms with van der Waals surface area (Å²) in [5, 5.41) is 3.58.